The lowest BCUT2D eigenvalue weighted by Crippen LogP contribution is -2.08. The number of ether oxygens (including phenoxy) is 1. The van der Waals surface area contributed by atoms with E-state index in [0.29, 0.717) is 6.61 Å². The molecule has 0 aromatic heterocycles. The second kappa shape index (κ2) is 10.2. The number of allylic oxidation sites excluding steroid dienone is 1. The number of carbonyl (C=O) groups is 1. The third-order valence-corrected chi connectivity index (χ3v) is 3.13. The number of esters is 1. The lowest BCUT2D eigenvalue weighted by Gasteiger charge is -2.05. The highest BCUT2D eigenvalue weighted by molar-refractivity contribution is 5.89. The number of hydrogen-bond donors (Lipinski definition) is 0. The van der Waals surface area contributed by atoms with Gasteiger partial charge in [-0.1, -0.05) is 43.9 Å². The van der Waals surface area contributed by atoms with Crippen LogP contribution in [0.4, 0.5) is 4.39 Å². The Morgan fingerprint density at radius 3 is 2.45 bits per heavy atom. The molecule has 0 spiro atoms. The highest BCUT2D eigenvalue weighted by Gasteiger charge is 2.11. The molecule has 0 aliphatic heterocycles. The molecular weight excluding hydrogens is 255 g/mol. The first-order valence-electron chi connectivity index (χ1n) is 7.28. The zero-order valence-corrected chi connectivity index (χ0v) is 11.9. The molecule has 0 N–H and O–H groups in total. The van der Waals surface area contributed by atoms with Gasteiger partial charge in [0.25, 0.3) is 0 Å². The molecular formula is C17H23FO2. The van der Waals surface area contributed by atoms with Crippen molar-refractivity contribution in [3.8, 4) is 0 Å². The number of rotatable bonds is 10. The summed E-state index contributed by atoms with van der Waals surface area (Å²) in [5, 5.41) is 0. The second-order valence-corrected chi connectivity index (χ2v) is 4.81. The molecule has 1 aromatic carbocycles. The molecule has 0 unspecified atom stereocenters. The van der Waals surface area contributed by atoms with Crippen molar-refractivity contribution >= 4 is 5.97 Å². The second-order valence-electron chi connectivity index (χ2n) is 4.81. The van der Waals surface area contributed by atoms with Crippen molar-refractivity contribution in [2.75, 3.05) is 6.61 Å². The summed E-state index contributed by atoms with van der Waals surface area (Å²) >= 11 is 0. The normalized spacial score (nSPS) is 10.2. The molecule has 0 radical (unpaired) electrons. The summed E-state index contributed by atoms with van der Waals surface area (Å²) in [6, 6.07) is 5.89. The Labute approximate surface area is 120 Å². The zero-order chi connectivity index (χ0) is 14.6. The van der Waals surface area contributed by atoms with Crippen molar-refractivity contribution in [1.82, 2.24) is 0 Å². The SMILES string of the molecule is C=CCCCCCCCCOC(=O)c1ccccc1F. The summed E-state index contributed by atoms with van der Waals surface area (Å²) in [5.74, 6) is -1.10. The van der Waals surface area contributed by atoms with E-state index in [1.165, 1.54) is 31.4 Å². The molecule has 0 aliphatic carbocycles. The fraction of sp³-hybridized carbons (Fsp3) is 0.471. The first kappa shape index (κ1) is 16.4. The molecule has 0 fully saturated rings. The highest BCUT2D eigenvalue weighted by atomic mass is 19.1. The molecule has 0 aliphatic rings. The maximum atomic E-state index is 13.3. The van der Waals surface area contributed by atoms with Crippen LogP contribution in [0.1, 0.15) is 55.3 Å². The third kappa shape index (κ3) is 6.50. The van der Waals surface area contributed by atoms with E-state index < -0.39 is 11.8 Å². The Bertz CT molecular complexity index is 415. The summed E-state index contributed by atoms with van der Waals surface area (Å²) in [6.45, 7) is 4.05. The minimum Gasteiger partial charge on any atom is -0.462 e. The Balaban J connectivity index is 2.05. The van der Waals surface area contributed by atoms with E-state index in [4.69, 9.17) is 4.74 Å². The van der Waals surface area contributed by atoms with Crippen molar-refractivity contribution in [1.29, 1.82) is 0 Å². The fourth-order valence-corrected chi connectivity index (χ4v) is 1.97. The smallest absolute Gasteiger partial charge is 0.341 e. The minimum atomic E-state index is -0.575. The van der Waals surface area contributed by atoms with Gasteiger partial charge in [-0.15, -0.1) is 6.58 Å². The Morgan fingerprint density at radius 2 is 1.75 bits per heavy atom. The van der Waals surface area contributed by atoms with Gasteiger partial charge in [0.1, 0.15) is 5.82 Å². The summed E-state index contributed by atoms with van der Waals surface area (Å²) < 4.78 is 18.4. The Hall–Kier alpha value is -1.64. The number of benzene rings is 1. The molecule has 3 heteroatoms. The van der Waals surface area contributed by atoms with E-state index in [1.807, 2.05) is 6.08 Å². The maximum absolute atomic E-state index is 13.3. The number of unbranched alkanes of at least 4 members (excludes halogenated alkanes) is 6. The van der Waals surface area contributed by atoms with Crippen LogP contribution in [0.3, 0.4) is 0 Å². The number of halogens is 1. The topological polar surface area (TPSA) is 26.3 Å². The van der Waals surface area contributed by atoms with Gasteiger partial charge in [-0.3, -0.25) is 0 Å². The number of hydrogen-bond acceptors (Lipinski definition) is 2. The van der Waals surface area contributed by atoms with Crippen LogP contribution in [0, 0.1) is 5.82 Å². The van der Waals surface area contributed by atoms with Crippen LogP contribution in [-0.2, 0) is 4.74 Å². The van der Waals surface area contributed by atoms with Crippen molar-refractivity contribution in [2.45, 2.75) is 44.9 Å². The fourth-order valence-electron chi connectivity index (χ4n) is 1.97. The predicted octanol–water partition coefficient (Wildman–Crippen LogP) is 4.90. The van der Waals surface area contributed by atoms with Crippen molar-refractivity contribution in [3.05, 3.63) is 48.3 Å². The molecule has 0 atom stereocenters. The van der Waals surface area contributed by atoms with Gasteiger partial charge in [0.05, 0.1) is 12.2 Å². The quantitative estimate of drug-likeness (QED) is 0.346. The van der Waals surface area contributed by atoms with Crippen LogP contribution < -0.4 is 0 Å². The highest BCUT2D eigenvalue weighted by Crippen LogP contribution is 2.10. The van der Waals surface area contributed by atoms with Crippen molar-refractivity contribution in [2.24, 2.45) is 0 Å². The van der Waals surface area contributed by atoms with Crippen LogP contribution in [0.5, 0.6) is 0 Å². The standard InChI is InChI=1S/C17H23FO2/c1-2-3-4-5-6-7-8-11-14-20-17(19)15-12-9-10-13-16(15)18/h2,9-10,12-13H,1,3-8,11,14H2. The van der Waals surface area contributed by atoms with E-state index in [1.54, 1.807) is 12.1 Å². The van der Waals surface area contributed by atoms with E-state index in [-0.39, 0.29) is 5.56 Å². The number of carbonyl (C=O) groups excluding carboxylic acids is 1. The molecule has 20 heavy (non-hydrogen) atoms. The van der Waals surface area contributed by atoms with Gasteiger partial charge in [-0.05, 0) is 31.4 Å². The summed E-state index contributed by atoms with van der Waals surface area (Å²) in [7, 11) is 0. The van der Waals surface area contributed by atoms with Crippen LogP contribution >= 0.6 is 0 Å². The third-order valence-electron chi connectivity index (χ3n) is 3.13. The van der Waals surface area contributed by atoms with Gasteiger partial charge in [0.15, 0.2) is 0 Å². The predicted molar refractivity (Wildman–Crippen MR) is 79.2 cm³/mol. The van der Waals surface area contributed by atoms with E-state index in [0.717, 1.165) is 25.7 Å². The molecule has 1 rings (SSSR count). The lowest BCUT2D eigenvalue weighted by molar-refractivity contribution is 0.0492. The monoisotopic (exact) mass is 278 g/mol. The first-order valence-corrected chi connectivity index (χ1v) is 7.28. The lowest BCUT2D eigenvalue weighted by atomic mass is 10.1. The van der Waals surface area contributed by atoms with Gasteiger partial charge in [-0.25, -0.2) is 9.18 Å². The largest absolute Gasteiger partial charge is 0.462 e. The molecule has 0 saturated carbocycles. The molecule has 1 aromatic rings. The first-order chi connectivity index (χ1) is 9.75. The average molecular weight is 278 g/mol. The summed E-state index contributed by atoms with van der Waals surface area (Å²) in [5.41, 5.74) is 0.0110. The van der Waals surface area contributed by atoms with E-state index in [9.17, 15) is 9.18 Å². The Morgan fingerprint density at radius 1 is 1.10 bits per heavy atom. The molecule has 0 heterocycles. The van der Waals surface area contributed by atoms with Gasteiger partial charge in [-0.2, -0.15) is 0 Å². The van der Waals surface area contributed by atoms with Crippen molar-refractivity contribution < 1.29 is 13.9 Å². The molecule has 110 valence electrons. The van der Waals surface area contributed by atoms with E-state index in [2.05, 4.69) is 6.58 Å². The minimum absolute atomic E-state index is 0.0110. The van der Waals surface area contributed by atoms with Crippen molar-refractivity contribution in [3.63, 3.8) is 0 Å². The summed E-state index contributed by atoms with van der Waals surface area (Å²) in [4.78, 5) is 11.6. The van der Waals surface area contributed by atoms with Gasteiger partial charge in [0.2, 0.25) is 0 Å². The van der Waals surface area contributed by atoms with Gasteiger partial charge >= 0.3 is 5.97 Å². The molecule has 0 saturated heterocycles. The summed E-state index contributed by atoms with van der Waals surface area (Å²) in [6.07, 6.45) is 9.68. The zero-order valence-electron chi connectivity index (χ0n) is 11.9. The van der Waals surface area contributed by atoms with Gasteiger partial charge in [0, 0.05) is 0 Å². The van der Waals surface area contributed by atoms with E-state index >= 15 is 0 Å². The average Bonchev–Trinajstić information content (AvgIpc) is 2.46. The molecule has 2 nitrogen and oxygen atoms in total. The van der Waals surface area contributed by atoms with Crippen LogP contribution in [0.25, 0.3) is 0 Å². The Kier molecular flexibility index (Phi) is 8.36. The van der Waals surface area contributed by atoms with Gasteiger partial charge < -0.3 is 4.74 Å². The van der Waals surface area contributed by atoms with Crippen LogP contribution in [0.2, 0.25) is 0 Å². The van der Waals surface area contributed by atoms with Crippen LogP contribution in [0.15, 0.2) is 36.9 Å². The maximum Gasteiger partial charge on any atom is 0.341 e. The molecule has 0 amide bonds. The van der Waals surface area contributed by atoms with Crippen LogP contribution in [-0.4, -0.2) is 12.6 Å². The molecule has 0 bridgehead atoms.